The van der Waals surface area contributed by atoms with E-state index >= 15 is 0 Å². The summed E-state index contributed by atoms with van der Waals surface area (Å²) in [5.41, 5.74) is 3.60. The van der Waals surface area contributed by atoms with Gasteiger partial charge in [0, 0.05) is 5.69 Å². The summed E-state index contributed by atoms with van der Waals surface area (Å²) < 4.78 is 0. The normalized spacial score (nSPS) is 10.4. The lowest BCUT2D eigenvalue weighted by Gasteiger charge is -2.07. The van der Waals surface area contributed by atoms with E-state index in [4.69, 9.17) is 0 Å². The molecule has 1 N–H and O–H groups in total. The lowest BCUT2D eigenvalue weighted by Crippen LogP contribution is -2.03. The third kappa shape index (κ3) is 2.36. The quantitative estimate of drug-likeness (QED) is 0.845. The van der Waals surface area contributed by atoms with Gasteiger partial charge in [-0.1, -0.05) is 17.7 Å². The third-order valence-corrected chi connectivity index (χ3v) is 2.37. The van der Waals surface area contributed by atoms with E-state index in [-0.39, 0.29) is 0 Å². The summed E-state index contributed by atoms with van der Waals surface area (Å²) in [6.07, 6.45) is 0. The van der Waals surface area contributed by atoms with E-state index in [9.17, 15) is 0 Å². The minimum Gasteiger partial charge on any atom is -0.377 e. The number of tetrazole rings is 1. The zero-order valence-electron chi connectivity index (χ0n) is 9.73. The summed E-state index contributed by atoms with van der Waals surface area (Å²) in [6.45, 7) is 4.76. The Morgan fingerprint density at radius 3 is 2.75 bits per heavy atom. The molecule has 1 heterocycles. The molecule has 0 atom stereocenters. The van der Waals surface area contributed by atoms with E-state index in [1.807, 2.05) is 0 Å². The summed E-state index contributed by atoms with van der Waals surface area (Å²) in [5.74, 6) is 0.697. The van der Waals surface area contributed by atoms with Crippen LogP contribution in [0.3, 0.4) is 0 Å². The fourth-order valence-corrected chi connectivity index (χ4v) is 1.58. The second-order valence-electron chi connectivity index (χ2n) is 3.87. The Bertz CT molecular complexity index is 489. The highest BCUT2D eigenvalue weighted by atomic mass is 15.6. The lowest BCUT2D eigenvalue weighted by atomic mass is 10.1. The molecule has 16 heavy (non-hydrogen) atoms. The van der Waals surface area contributed by atoms with Crippen molar-refractivity contribution >= 4 is 5.69 Å². The van der Waals surface area contributed by atoms with Crippen molar-refractivity contribution in [2.24, 2.45) is 7.05 Å². The Kier molecular flexibility index (Phi) is 2.85. The van der Waals surface area contributed by atoms with E-state index in [1.165, 1.54) is 15.9 Å². The zero-order valence-corrected chi connectivity index (χ0v) is 9.73. The molecule has 0 unspecified atom stereocenters. The van der Waals surface area contributed by atoms with E-state index < -0.39 is 0 Å². The lowest BCUT2D eigenvalue weighted by molar-refractivity contribution is 0.628. The number of aryl methyl sites for hydroxylation is 3. The van der Waals surface area contributed by atoms with Crippen LogP contribution in [0.1, 0.15) is 17.0 Å². The highest BCUT2D eigenvalue weighted by Crippen LogP contribution is 2.16. The van der Waals surface area contributed by atoms with Gasteiger partial charge in [-0.25, -0.2) is 0 Å². The van der Waals surface area contributed by atoms with Crippen LogP contribution in [0.15, 0.2) is 18.2 Å². The molecule has 0 aliphatic heterocycles. The summed E-state index contributed by atoms with van der Waals surface area (Å²) >= 11 is 0. The first-order chi connectivity index (χ1) is 7.65. The van der Waals surface area contributed by atoms with Crippen molar-refractivity contribution < 1.29 is 0 Å². The van der Waals surface area contributed by atoms with E-state index in [1.54, 1.807) is 7.05 Å². The minimum absolute atomic E-state index is 0.595. The van der Waals surface area contributed by atoms with Crippen molar-refractivity contribution in [3.05, 3.63) is 35.2 Å². The van der Waals surface area contributed by atoms with Crippen LogP contribution < -0.4 is 5.32 Å². The summed E-state index contributed by atoms with van der Waals surface area (Å²) in [7, 11) is 1.76. The summed E-state index contributed by atoms with van der Waals surface area (Å²) in [5, 5.41) is 15.1. The molecule has 0 fully saturated rings. The van der Waals surface area contributed by atoms with Gasteiger partial charge in [-0.3, -0.25) is 0 Å². The molecule has 2 rings (SSSR count). The molecule has 5 heteroatoms. The Hall–Kier alpha value is -1.91. The van der Waals surface area contributed by atoms with Crippen LogP contribution in [0, 0.1) is 13.8 Å². The Labute approximate surface area is 94.5 Å². The van der Waals surface area contributed by atoms with Crippen LogP contribution in [0.25, 0.3) is 0 Å². The molecule has 84 valence electrons. The van der Waals surface area contributed by atoms with Gasteiger partial charge in [-0.2, -0.15) is 4.80 Å². The fraction of sp³-hybridized carbons (Fsp3) is 0.364. The van der Waals surface area contributed by atoms with Crippen LogP contribution >= 0.6 is 0 Å². The number of hydrogen-bond donors (Lipinski definition) is 1. The maximum absolute atomic E-state index is 4.10. The maximum Gasteiger partial charge on any atom is 0.193 e. The van der Waals surface area contributed by atoms with Crippen molar-refractivity contribution in [1.29, 1.82) is 0 Å². The molecule has 2 aromatic rings. The average Bonchev–Trinajstić information content (AvgIpc) is 2.63. The Morgan fingerprint density at radius 1 is 1.31 bits per heavy atom. The van der Waals surface area contributed by atoms with Crippen molar-refractivity contribution in [2.45, 2.75) is 20.4 Å². The van der Waals surface area contributed by atoms with E-state index in [2.05, 4.69) is 52.8 Å². The predicted molar refractivity (Wildman–Crippen MR) is 62.0 cm³/mol. The van der Waals surface area contributed by atoms with Crippen LogP contribution in [0.5, 0.6) is 0 Å². The van der Waals surface area contributed by atoms with Gasteiger partial charge in [0.15, 0.2) is 5.82 Å². The SMILES string of the molecule is Cc1ccc(NCc2nnn(C)n2)c(C)c1. The van der Waals surface area contributed by atoms with Crippen LogP contribution in [0.2, 0.25) is 0 Å². The molecule has 0 saturated carbocycles. The van der Waals surface area contributed by atoms with Crippen molar-refractivity contribution in [3.8, 4) is 0 Å². The van der Waals surface area contributed by atoms with Gasteiger partial charge < -0.3 is 5.32 Å². The van der Waals surface area contributed by atoms with Gasteiger partial charge in [0.25, 0.3) is 0 Å². The smallest absolute Gasteiger partial charge is 0.193 e. The molecule has 1 aromatic carbocycles. The van der Waals surface area contributed by atoms with Crippen LogP contribution in [-0.2, 0) is 13.6 Å². The number of hydrogen-bond acceptors (Lipinski definition) is 4. The number of nitrogens with one attached hydrogen (secondary N) is 1. The first-order valence-corrected chi connectivity index (χ1v) is 5.19. The Morgan fingerprint density at radius 2 is 2.12 bits per heavy atom. The standard InChI is InChI=1S/C11H15N5/c1-8-4-5-10(9(2)6-8)12-7-11-13-15-16(3)14-11/h4-6,12H,7H2,1-3H3. The summed E-state index contributed by atoms with van der Waals surface area (Å²) in [6, 6.07) is 6.30. The molecule has 0 amide bonds. The maximum atomic E-state index is 4.10. The highest BCUT2D eigenvalue weighted by Gasteiger charge is 2.01. The van der Waals surface area contributed by atoms with Gasteiger partial charge in [-0.15, -0.1) is 10.2 Å². The number of aromatic nitrogens is 4. The van der Waals surface area contributed by atoms with Crippen molar-refractivity contribution in [3.63, 3.8) is 0 Å². The second kappa shape index (κ2) is 4.30. The predicted octanol–water partition coefficient (Wildman–Crippen LogP) is 1.44. The molecule has 0 spiro atoms. The van der Waals surface area contributed by atoms with Crippen molar-refractivity contribution in [2.75, 3.05) is 5.32 Å². The number of nitrogens with zero attached hydrogens (tertiary/aromatic N) is 4. The molecule has 0 radical (unpaired) electrons. The van der Waals surface area contributed by atoms with Crippen LogP contribution in [0.4, 0.5) is 5.69 Å². The summed E-state index contributed by atoms with van der Waals surface area (Å²) in [4.78, 5) is 1.46. The fourth-order valence-electron chi connectivity index (χ4n) is 1.58. The van der Waals surface area contributed by atoms with Gasteiger partial charge in [0.1, 0.15) is 0 Å². The largest absolute Gasteiger partial charge is 0.377 e. The topological polar surface area (TPSA) is 55.6 Å². The van der Waals surface area contributed by atoms with E-state index in [0.29, 0.717) is 12.4 Å². The zero-order chi connectivity index (χ0) is 11.5. The molecular formula is C11H15N5. The first kappa shape index (κ1) is 10.6. The Balaban J connectivity index is 2.04. The molecular weight excluding hydrogens is 202 g/mol. The number of anilines is 1. The molecule has 0 bridgehead atoms. The van der Waals surface area contributed by atoms with Crippen molar-refractivity contribution in [1.82, 2.24) is 20.2 Å². The second-order valence-corrected chi connectivity index (χ2v) is 3.87. The first-order valence-electron chi connectivity index (χ1n) is 5.19. The minimum atomic E-state index is 0.595. The monoisotopic (exact) mass is 217 g/mol. The highest BCUT2D eigenvalue weighted by molar-refractivity contribution is 5.51. The molecule has 1 aromatic heterocycles. The van der Waals surface area contributed by atoms with E-state index in [0.717, 1.165) is 5.69 Å². The molecule has 0 aliphatic carbocycles. The molecule has 5 nitrogen and oxygen atoms in total. The molecule has 0 saturated heterocycles. The number of benzene rings is 1. The number of rotatable bonds is 3. The van der Waals surface area contributed by atoms with Gasteiger partial charge in [0.2, 0.25) is 0 Å². The third-order valence-electron chi connectivity index (χ3n) is 2.37. The van der Waals surface area contributed by atoms with Crippen LogP contribution in [-0.4, -0.2) is 20.2 Å². The molecule has 0 aliphatic rings. The van der Waals surface area contributed by atoms with Gasteiger partial charge >= 0.3 is 0 Å². The average molecular weight is 217 g/mol. The van der Waals surface area contributed by atoms with Gasteiger partial charge in [0.05, 0.1) is 13.6 Å². The van der Waals surface area contributed by atoms with Gasteiger partial charge in [-0.05, 0) is 30.7 Å².